The van der Waals surface area contributed by atoms with E-state index in [1.54, 1.807) is 6.07 Å². The molecule has 1 aromatic rings. The van der Waals surface area contributed by atoms with Gasteiger partial charge >= 0.3 is 0 Å². The smallest absolute Gasteiger partial charge is 0.0415 e. The maximum Gasteiger partial charge on any atom is 0.0415 e. The summed E-state index contributed by atoms with van der Waals surface area (Å²) in [5.41, 5.74) is 1.25. The summed E-state index contributed by atoms with van der Waals surface area (Å²) >= 11 is 5.90. The zero-order valence-corrected chi connectivity index (χ0v) is 8.85. The molecular weight excluding hydrogens is 196 g/mol. The van der Waals surface area contributed by atoms with Gasteiger partial charge in [0.1, 0.15) is 0 Å². The Morgan fingerprint density at radius 1 is 1.36 bits per heavy atom. The van der Waals surface area contributed by atoms with E-state index in [2.05, 4.69) is 16.3 Å². The molecule has 1 aliphatic rings. The number of halogens is 1. The van der Waals surface area contributed by atoms with Crippen LogP contribution in [0.2, 0.25) is 5.02 Å². The molecular formula is C11H14ClN2. The third-order valence-electron chi connectivity index (χ3n) is 2.43. The molecule has 0 aromatic heterocycles. The number of nitrogens with one attached hydrogen (secondary N) is 1. The van der Waals surface area contributed by atoms with E-state index >= 15 is 0 Å². The van der Waals surface area contributed by atoms with E-state index in [0.29, 0.717) is 0 Å². The monoisotopic (exact) mass is 209 g/mol. The first-order valence-electron chi connectivity index (χ1n) is 4.93. The molecule has 2 nitrogen and oxygen atoms in total. The molecule has 3 heteroatoms. The second kappa shape index (κ2) is 4.78. The lowest BCUT2D eigenvalue weighted by atomic mass is 10.2. The van der Waals surface area contributed by atoms with Gasteiger partial charge in [-0.15, -0.1) is 0 Å². The fourth-order valence-electron chi connectivity index (χ4n) is 1.71. The van der Waals surface area contributed by atoms with Crippen molar-refractivity contribution in [1.82, 2.24) is 10.2 Å². The minimum absolute atomic E-state index is 0.776. The van der Waals surface area contributed by atoms with Gasteiger partial charge in [-0.3, -0.25) is 4.90 Å². The summed E-state index contributed by atoms with van der Waals surface area (Å²) in [7, 11) is 0. The standard InChI is InChI=1S/C11H14ClN2/c12-11-3-1-2-10(8-11)9-14-6-4-13-5-7-14/h2-3,8,13H,4-7,9H2. The molecule has 2 rings (SSSR count). The van der Waals surface area contributed by atoms with Crippen LogP contribution < -0.4 is 5.32 Å². The Morgan fingerprint density at radius 2 is 2.14 bits per heavy atom. The predicted octanol–water partition coefficient (Wildman–Crippen LogP) is 1.55. The van der Waals surface area contributed by atoms with Crippen molar-refractivity contribution in [2.24, 2.45) is 0 Å². The molecule has 75 valence electrons. The van der Waals surface area contributed by atoms with E-state index in [1.807, 2.05) is 12.1 Å². The fourth-order valence-corrected chi connectivity index (χ4v) is 1.91. The van der Waals surface area contributed by atoms with E-state index in [4.69, 9.17) is 11.6 Å². The van der Waals surface area contributed by atoms with E-state index < -0.39 is 0 Å². The molecule has 0 atom stereocenters. The van der Waals surface area contributed by atoms with Crippen molar-refractivity contribution in [2.45, 2.75) is 6.54 Å². The van der Waals surface area contributed by atoms with E-state index in [1.165, 1.54) is 5.56 Å². The van der Waals surface area contributed by atoms with Crippen LogP contribution in [-0.4, -0.2) is 31.1 Å². The summed E-state index contributed by atoms with van der Waals surface area (Å²) in [6.45, 7) is 5.40. The highest BCUT2D eigenvalue weighted by molar-refractivity contribution is 6.30. The van der Waals surface area contributed by atoms with Gasteiger partial charge in [0.15, 0.2) is 0 Å². The van der Waals surface area contributed by atoms with Gasteiger partial charge in [0.25, 0.3) is 0 Å². The maximum atomic E-state index is 5.90. The topological polar surface area (TPSA) is 15.3 Å². The SMILES string of the molecule is Clc1c[c]cc(CN2CCNCC2)c1. The van der Waals surface area contributed by atoms with Crippen molar-refractivity contribution in [3.63, 3.8) is 0 Å². The normalized spacial score (nSPS) is 18.4. The van der Waals surface area contributed by atoms with Crippen molar-refractivity contribution in [3.8, 4) is 0 Å². The van der Waals surface area contributed by atoms with Gasteiger partial charge in [-0.2, -0.15) is 0 Å². The average molecular weight is 210 g/mol. The molecule has 0 spiro atoms. The van der Waals surface area contributed by atoms with Crippen molar-refractivity contribution >= 4 is 11.6 Å². The lowest BCUT2D eigenvalue weighted by molar-refractivity contribution is 0.233. The molecule has 1 radical (unpaired) electrons. The largest absolute Gasteiger partial charge is 0.314 e. The Balaban J connectivity index is 1.95. The van der Waals surface area contributed by atoms with E-state index in [9.17, 15) is 0 Å². The van der Waals surface area contributed by atoms with Crippen LogP contribution in [0.4, 0.5) is 0 Å². The van der Waals surface area contributed by atoms with Crippen molar-refractivity contribution in [1.29, 1.82) is 0 Å². The lowest BCUT2D eigenvalue weighted by Gasteiger charge is -2.27. The van der Waals surface area contributed by atoms with Crippen molar-refractivity contribution in [2.75, 3.05) is 26.2 Å². The van der Waals surface area contributed by atoms with E-state index in [0.717, 1.165) is 37.7 Å². The average Bonchev–Trinajstić information content (AvgIpc) is 2.19. The van der Waals surface area contributed by atoms with Crippen LogP contribution in [-0.2, 0) is 6.54 Å². The summed E-state index contributed by atoms with van der Waals surface area (Å²) in [5.74, 6) is 0. The quantitative estimate of drug-likeness (QED) is 0.795. The summed E-state index contributed by atoms with van der Waals surface area (Å²) < 4.78 is 0. The number of rotatable bonds is 2. The molecule has 1 fully saturated rings. The zero-order chi connectivity index (χ0) is 9.80. The summed E-state index contributed by atoms with van der Waals surface area (Å²) in [6.07, 6.45) is 0. The highest BCUT2D eigenvalue weighted by Gasteiger charge is 2.09. The predicted molar refractivity (Wildman–Crippen MR) is 58.4 cm³/mol. The van der Waals surface area contributed by atoms with Crippen LogP contribution in [0, 0.1) is 6.07 Å². The van der Waals surface area contributed by atoms with Crippen LogP contribution in [0.5, 0.6) is 0 Å². The Labute approximate surface area is 89.9 Å². The van der Waals surface area contributed by atoms with Crippen LogP contribution in [0.25, 0.3) is 0 Å². The molecule has 1 heterocycles. The van der Waals surface area contributed by atoms with Gasteiger partial charge in [-0.1, -0.05) is 11.6 Å². The Bertz CT molecular complexity index is 295. The summed E-state index contributed by atoms with van der Waals surface area (Å²) in [4.78, 5) is 2.43. The van der Waals surface area contributed by atoms with Gasteiger partial charge in [0.05, 0.1) is 0 Å². The van der Waals surface area contributed by atoms with Gasteiger partial charge in [0, 0.05) is 37.7 Å². The number of nitrogens with zero attached hydrogens (tertiary/aromatic N) is 1. The Hall–Kier alpha value is -0.570. The molecule has 1 aromatic carbocycles. The van der Waals surface area contributed by atoms with Crippen LogP contribution >= 0.6 is 11.6 Å². The minimum Gasteiger partial charge on any atom is -0.314 e. The molecule has 1 saturated heterocycles. The molecule has 1 N–H and O–H groups in total. The fraction of sp³-hybridized carbons (Fsp3) is 0.455. The van der Waals surface area contributed by atoms with Crippen molar-refractivity contribution < 1.29 is 0 Å². The van der Waals surface area contributed by atoms with Crippen LogP contribution in [0.3, 0.4) is 0 Å². The van der Waals surface area contributed by atoms with Crippen molar-refractivity contribution in [3.05, 3.63) is 34.9 Å². The first kappa shape index (κ1) is 9.97. The molecule has 0 amide bonds. The third-order valence-corrected chi connectivity index (χ3v) is 2.65. The lowest BCUT2D eigenvalue weighted by Crippen LogP contribution is -2.42. The Morgan fingerprint density at radius 3 is 2.86 bits per heavy atom. The van der Waals surface area contributed by atoms with Gasteiger partial charge in [-0.05, 0) is 29.8 Å². The molecule has 14 heavy (non-hydrogen) atoms. The number of piperazine rings is 1. The Kier molecular flexibility index (Phi) is 3.40. The molecule has 0 bridgehead atoms. The summed E-state index contributed by atoms with van der Waals surface area (Å²) in [5, 5.41) is 4.11. The molecule has 0 unspecified atom stereocenters. The second-order valence-corrected chi connectivity index (χ2v) is 4.02. The van der Waals surface area contributed by atoms with Crippen LogP contribution in [0.1, 0.15) is 5.56 Å². The maximum absolute atomic E-state index is 5.90. The van der Waals surface area contributed by atoms with Gasteiger partial charge in [-0.25, -0.2) is 0 Å². The first-order valence-corrected chi connectivity index (χ1v) is 5.31. The molecule has 1 aliphatic heterocycles. The number of benzene rings is 1. The van der Waals surface area contributed by atoms with Gasteiger partial charge < -0.3 is 5.32 Å². The number of hydrogen-bond acceptors (Lipinski definition) is 2. The van der Waals surface area contributed by atoms with E-state index in [-0.39, 0.29) is 0 Å². The second-order valence-electron chi connectivity index (χ2n) is 3.59. The highest BCUT2D eigenvalue weighted by Crippen LogP contribution is 2.12. The molecule has 0 saturated carbocycles. The van der Waals surface area contributed by atoms with Gasteiger partial charge in [0.2, 0.25) is 0 Å². The highest BCUT2D eigenvalue weighted by atomic mass is 35.5. The number of hydrogen-bond donors (Lipinski definition) is 1. The first-order chi connectivity index (χ1) is 6.84. The minimum atomic E-state index is 0.776. The third kappa shape index (κ3) is 2.71. The molecule has 0 aliphatic carbocycles. The van der Waals surface area contributed by atoms with Crippen LogP contribution in [0.15, 0.2) is 18.2 Å². The summed E-state index contributed by atoms with van der Waals surface area (Å²) in [6, 6.07) is 8.86. The zero-order valence-electron chi connectivity index (χ0n) is 8.09.